The maximum absolute atomic E-state index is 12.7. The molecule has 1 aromatic heterocycles. The van der Waals surface area contributed by atoms with Gasteiger partial charge in [0, 0.05) is 22.7 Å². The minimum Gasteiger partial charge on any atom is -0.347 e. The molecule has 6 nitrogen and oxygen atoms in total. The molecule has 0 bridgehead atoms. The molecular weight excluding hydrogens is 362 g/mol. The standard InChI is InChI=1S/C20H21N3O3S/c1-20(2,3)22-19(24)15-9-11-16(12-10-15)27(25,26)23-17-8-4-6-14-7-5-13-21-18(14)17/h4-13,23H,1-3H3,(H,22,24). The van der Waals surface area contributed by atoms with Crippen LogP contribution in [-0.2, 0) is 10.0 Å². The van der Waals surface area contributed by atoms with E-state index in [1.807, 2.05) is 32.9 Å². The van der Waals surface area contributed by atoms with Crippen molar-refractivity contribution in [3.63, 3.8) is 0 Å². The quantitative estimate of drug-likeness (QED) is 0.721. The molecule has 3 aromatic rings. The van der Waals surface area contributed by atoms with E-state index in [0.717, 1.165) is 5.39 Å². The molecule has 0 fully saturated rings. The van der Waals surface area contributed by atoms with Crippen molar-refractivity contribution in [2.75, 3.05) is 4.72 Å². The average Bonchev–Trinajstić information content (AvgIpc) is 2.60. The van der Waals surface area contributed by atoms with Crippen molar-refractivity contribution >= 4 is 32.5 Å². The zero-order valence-electron chi connectivity index (χ0n) is 15.4. The van der Waals surface area contributed by atoms with E-state index in [-0.39, 0.29) is 16.3 Å². The summed E-state index contributed by atoms with van der Waals surface area (Å²) in [7, 11) is -3.80. The van der Waals surface area contributed by atoms with Gasteiger partial charge in [-0.15, -0.1) is 0 Å². The summed E-state index contributed by atoms with van der Waals surface area (Å²) in [6, 6.07) is 14.8. The molecule has 2 aromatic carbocycles. The van der Waals surface area contributed by atoms with Gasteiger partial charge >= 0.3 is 0 Å². The molecule has 7 heteroatoms. The number of nitrogens with zero attached hydrogens (tertiary/aromatic N) is 1. The number of sulfonamides is 1. The summed E-state index contributed by atoms with van der Waals surface area (Å²) in [5.41, 5.74) is 1.01. The lowest BCUT2D eigenvalue weighted by Crippen LogP contribution is -2.40. The van der Waals surface area contributed by atoms with Crippen molar-refractivity contribution in [3.8, 4) is 0 Å². The molecule has 0 aliphatic rings. The highest BCUT2D eigenvalue weighted by atomic mass is 32.2. The lowest BCUT2D eigenvalue weighted by atomic mass is 10.1. The number of amides is 1. The molecule has 3 rings (SSSR count). The molecule has 0 aliphatic carbocycles. The number of para-hydroxylation sites is 1. The van der Waals surface area contributed by atoms with E-state index in [4.69, 9.17) is 0 Å². The van der Waals surface area contributed by atoms with Gasteiger partial charge in [0.1, 0.15) is 0 Å². The minimum absolute atomic E-state index is 0.0720. The van der Waals surface area contributed by atoms with Gasteiger partial charge in [-0.3, -0.25) is 14.5 Å². The van der Waals surface area contributed by atoms with E-state index in [1.165, 1.54) is 24.3 Å². The normalized spacial score (nSPS) is 12.0. The number of anilines is 1. The van der Waals surface area contributed by atoms with Crippen LogP contribution in [0.2, 0.25) is 0 Å². The second-order valence-corrected chi connectivity index (χ2v) is 8.90. The third-order valence-electron chi connectivity index (χ3n) is 3.79. The maximum Gasteiger partial charge on any atom is 0.261 e. The Morgan fingerprint density at radius 3 is 2.30 bits per heavy atom. The fraction of sp³-hybridized carbons (Fsp3) is 0.200. The molecule has 0 saturated carbocycles. The van der Waals surface area contributed by atoms with E-state index in [1.54, 1.807) is 24.4 Å². The van der Waals surface area contributed by atoms with E-state index in [2.05, 4.69) is 15.0 Å². The van der Waals surface area contributed by atoms with Crippen LogP contribution in [-0.4, -0.2) is 24.8 Å². The van der Waals surface area contributed by atoms with Crippen LogP contribution >= 0.6 is 0 Å². The Bertz CT molecular complexity index is 1080. The maximum atomic E-state index is 12.7. The summed E-state index contributed by atoms with van der Waals surface area (Å²) in [4.78, 5) is 16.5. The van der Waals surface area contributed by atoms with Gasteiger partial charge in [0.25, 0.3) is 15.9 Å². The zero-order valence-corrected chi connectivity index (χ0v) is 16.2. The van der Waals surface area contributed by atoms with Crippen molar-refractivity contribution in [2.24, 2.45) is 0 Å². The minimum atomic E-state index is -3.80. The molecule has 140 valence electrons. The first-order valence-corrected chi connectivity index (χ1v) is 9.93. The number of carbonyl (C=O) groups excluding carboxylic acids is 1. The zero-order chi connectivity index (χ0) is 19.7. The SMILES string of the molecule is CC(C)(C)NC(=O)c1ccc(S(=O)(=O)Nc2cccc3cccnc23)cc1. The Hall–Kier alpha value is -2.93. The number of fused-ring (bicyclic) bond motifs is 1. The van der Waals surface area contributed by atoms with Crippen LogP contribution < -0.4 is 10.0 Å². The van der Waals surface area contributed by atoms with Gasteiger partial charge in [-0.05, 0) is 57.2 Å². The van der Waals surface area contributed by atoms with Crippen molar-refractivity contribution in [3.05, 3.63) is 66.4 Å². The smallest absolute Gasteiger partial charge is 0.261 e. The Kier molecular flexibility index (Phi) is 4.89. The summed E-state index contributed by atoms with van der Waals surface area (Å²) < 4.78 is 28.0. The lowest BCUT2D eigenvalue weighted by molar-refractivity contribution is 0.0919. The Morgan fingerprint density at radius 1 is 0.963 bits per heavy atom. The summed E-state index contributed by atoms with van der Waals surface area (Å²) in [5.74, 6) is -0.252. The highest BCUT2D eigenvalue weighted by molar-refractivity contribution is 7.92. The molecular formula is C20H21N3O3S. The highest BCUT2D eigenvalue weighted by Crippen LogP contribution is 2.24. The van der Waals surface area contributed by atoms with Crippen molar-refractivity contribution in [1.82, 2.24) is 10.3 Å². The average molecular weight is 383 g/mol. The Labute approximate surface area is 158 Å². The van der Waals surface area contributed by atoms with Crippen molar-refractivity contribution in [2.45, 2.75) is 31.2 Å². The molecule has 0 aliphatic heterocycles. The fourth-order valence-electron chi connectivity index (χ4n) is 2.59. The lowest BCUT2D eigenvalue weighted by Gasteiger charge is -2.20. The van der Waals surface area contributed by atoms with Crippen molar-refractivity contribution in [1.29, 1.82) is 0 Å². The monoisotopic (exact) mass is 383 g/mol. The van der Waals surface area contributed by atoms with Crippen LogP contribution in [0.3, 0.4) is 0 Å². The molecule has 0 spiro atoms. The van der Waals surface area contributed by atoms with Crippen molar-refractivity contribution < 1.29 is 13.2 Å². The number of nitrogens with one attached hydrogen (secondary N) is 2. The van der Waals surface area contributed by atoms with Crippen LogP contribution in [0.1, 0.15) is 31.1 Å². The second kappa shape index (κ2) is 7.00. The largest absolute Gasteiger partial charge is 0.347 e. The van der Waals surface area contributed by atoms with E-state index in [9.17, 15) is 13.2 Å². The predicted octanol–water partition coefficient (Wildman–Crippen LogP) is 3.56. The van der Waals surface area contributed by atoms with E-state index < -0.39 is 10.0 Å². The van der Waals surface area contributed by atoms with Gasteiger partial charge in [-0.2, -0.15) is 0 Å². The summed E-state index contributed by atoms with van der Waals surface area (Å²) >= 11 is 0. The molecule has 1 heterocycles. The summed E-state index contributed by atoms with van der Waals surface area (Å²) in [5, 5.41) is 3.68. The number of hydrogen-bond donors (Lipinski definition) is 2. The van der Waals surface area contributed by atoms with Gasteiger partial charge in [0.15, 0.2) is 0 Å². The Morgan fingerprint density at radius 2 is 1.63 bits per heavy atom. The molecule has 0 saturated heterocycles. The summed E-state index contributed by atoms with van der Waals surface area (Å²) in [6.45, 7) is 5.64. The topological polar surface area (TPSA) is 88.2 Å². The first kappa shape index (κ1) is 18.8. The van der Waals surface area contributed by atoms with Crippen LogP contribution in [0, 0.1) is 0 Å². The second-order valence-electron chi connectivity index (χ2n) is 7.21. The number of rotatable bonds is 4. The van der Waals surface area contributed by atoms with Gasteiger partial charge in [-0.1, -0.05) is 18.2 Å². The van der Waals surface area contributed by atoms with Crippen LogP contribution in [0.5, 0.6) is 0 Å². The number of benzene rings is 2. The van der Waals surface area contributed by atoms with Crippen LogP contribution in [0.15, 0.2) is 65.7 Å². The third kappa shape index (κ3) is 4.43. The Balaban J connectivity index is 1.86. The molecule has 2 N–H and O–H groups in total. The number of hydrogen-bond acceptors (Lipinski definition) is 4. The molecule has 0 radical (unpaired) electrons. The van der Waals surface area contributed by atoms with Gasteiger partial charge in [0.2, 0.25) is 0 Å². The van der Waals surface area contributed by atoms with E-state index >= 15 is 0 Å². The number of pyridine rings is 1. The van der Waals surface area contributed by atoms with E-state index in [0.29, 0.717) is 16.8 Å². The molecule has 1 amide bonds. The first-order valence-electron chi connectivity index (χ1n) is 8.45. The number of aromatic nitrogens is 1. The first-order chi connectivity index (χ1) is 12.7. The molecule has 0 unspecified atom stereocenters. The van der Waals surface area contributed by atoms with Crippen LogP contribution in [0.4, 0.5) is 5.69 Å². The van der Waals surface area contributed by atoms with Gasteiger partial charge in [0.05, 0.1) is 16.1 Å². The summed E-state index contributed by atoms with van der Waals surface area (Å²) in [6.07, 6.45) is 1.61. The predicted molar refractivity (Wildman–Crippen MR) is 106 cm³/mol. The fourth-order valence-corrected chi connectivity index (χ4v) is 3.65. The molecule has 27 heavy (non-hydrogen) atoms. The third-order valence-corrected chi connectivity index (χ3v) is 5.17. The highest BCUT2D eigenvalue weighted by Gasteiger charge is 2.18. The van der Waals surface area contributed by atoms with Gasteiger partial charge < -0.3 is 5.32 Å². The van der Waals surface area contributed by atoms with Gasteiger partial charge in [-0.25, -0.2) is 8.42 Å². The molecule has 0 atom stereocenters. The number of carbonyl (C=O) groups is 1. The van der Waals surface area contributed by atoms with Crippen LogP contribution in [0.25, 0.3) is 10.9 Å².